The molecule has 34 heavy (non-hydrogen) atoms. The molecule has 1 fully saturated rings. The van der Waals surface area contributed by atoms with Crippen molar-refractivity contribution < 1.29 is 24.4 Å². The molecular formula is C27H30N2O5. The minimum Gasteiger partial charge on any atom is -0.444 e. The summed E-state index contributed by atoms with van der Waals surface area (Å²) in [7, 11) is 0. The SMILES string of the molecule is Cc1cc(NC(=O)OCc2ccccc2)cc(C)c1C1(O)CN(COOCc2ccccc2)C1. The number of aryl methyl sites for hydroxylation is 2. The summed E-state index contributed by atoms with van der Waals surface area (Å²) in [6.45, 7) is 5.60. The van der Waals surface area contributed by atoms with E-state index in [-0.39, 0.29) is 13.3 Å². The molecule has 178 valence electrons. The Hall–Kier alpha value is -3.23. The second kappa shape index (κ2) is 10.8. The van der Waals surface area contributed by atoms with E-state index in [1.54, 1.807) is 0 Å². The van der Waals surface area contributed by atoms with Crippen molar-refractivity contribution in [3.8, 4) is 0 Å². The summed E-state index contributed by atoms with van der Waals surface area (Å²) >= 11 is 0. The van der Waals surface area contributed by atoms with Crippen LogP contribution in [0, 0.1) is 13.8 Å². The molecule has 4 rings (SSSR count). The first kappa shape index (κ1) is 23.9. The van der Waals surface area contributed by atoms with Crippen molar-refractivity contribution in [2.24, 2.45) is 0 Å². The summed E-state index contributed by atoms with van der Waals surface area (Å²) < 4.78 is 5.30. The zero-order chi connectivity index (χ0) is 24.0. The molecule has 1 amide bonds. The third-order valence-corrected chi connectivity index (χ3v) is 5.81. The van der Waals surface area contributed by atoms with Gasteiger partial charge in [-0.25, -0.2) is 14.6 Å². The zero-order valence-electron chi connectivity index (χ0n) is 19.5. The van der Waals surface area contributed by atoms with Crippen LogP contribution in [0.15, 0.2) is 72.8 Å². The van der Waals surface area contributed by atoms with E-state index in [9.17, 15) is 9.90 Å². The number of nitrogens with zero attached hydrogens (tertiary/aromatic N) is 1. The normalized spacial score (nSPS) is 14.9. The Bertz CT molecular complexity index is 1080. The minimum atomic E-state index is -0.969. The van der Waals surface area contributed by atoms with Crippen LogP contribution in [0.3, 0.4) is 0 Å². The van der Waals surface area contributed by atoms with Crippen molar-refractivity contribution in [3.05, 3.63) is 101 Å². The number of anilines is 1. The van der Waals surface area contributed by atoms with E-state index in [1.807, 2.05) is 91.5 Å². The molecule has 0 atom stereocenters. The van der Waals surface area contributed by atoms with Gasteiger partial charge in [-0.1, -0.05) is 60.7 Å². The molecule has 3 aromatic carbocycles. The van der Waals surface area contributed by atoms with Gasteiger partial charge in [0.15, 0.2) is 0 Å². The van der Waals surface area contributed by atoms with E-state index in [0.29, 0.717) is 25.4 Å². The summed E-state index contributed by atoms with van der Waals surface area (Å²) in [5, 5.41) is 14.0. The van der Waals surface area contributed by atoms with Crippen molar-refractivity contribution in [1.82, 2.24) is 4.90 Å². The van der Waals surface area contributed by atoms with Gasteiger partial charge >= 0.3 is 6.09 Å². The first-order valence-corrected chi connectivity index (χ1v) is 11.3. The highest BCUT2D eigenvalue weighted by atomic mass is 17.2. The van der Waals surface area contributed by atoms with E-state index in [4.69, 9.17) is 14.5 Å². The third kappa shape index (κ3) is 6.01. The van der Waals surface area contributed by atoms with Gasteiger partial charge in [-0.3, -0.25) is 10.2 Å². The zero-order valence-corrected chi connectivity index (χ0v) is 19.5. The molecule has 0 unspecified atom stereocenters. The number of carbonyl (C=O) groups is 1. The predicted molar refractivity (Wildman–Crippen MR) is 129 cm³/mol. The van der Waals surface area contributed by atoms with Crippen LogP contribution in [0.4, 0.5) is 10.5 Å². The van der Waals surface area contributed by atoms with Crippen molar-refractivity contribution in [2.45, 2.75) is 32.7 Å². The Balaban J connectivity index is 1.26. The number of rotatable bonds is 9. The van der Waals surface area contributed by atoms with E-state index in [1.165, 1.54) is 0 Å². The van der Waals surface area contributed by atoms with Gasteiger partial charge in [0.2, 0.25) is 0 Å². The second-order valence-corrected chi connectivity index (χ2v) is 8.69. The van der Waals surface area contributed by atoms with Crippen molar-refractivity contribution in [1.29, 1.82) is 0 Å². The molecule has 0 aliphatic carbocycles. The molecule has 1 saturated heterocycles. The van der Waals surface area contributed by atoms with Gasteiger partial charge < -0.3 is 9.84 Å². The maximum Gasteiger partial charge on any atom is 0.411 e. The van der Waals surface area contributed by atoms with Crippen LogP contribution >= 0.6 is 0 Å². The van der Waals surface area contributed by atoms with Crippen molar-refractivity contribution >= 4 is 11.8 Å². The van der Waals surface area contributed by atoms with Crippen LogP contribution in [-0.2, 0) is 33.3 Å². The average molecular weight is 463 g/mol. The minimum absolute atomic E-state index is 0.204. The molecule has 0 radical (unpaired) electrons. The van der Waals surface area contributed by atoms with E-state index in [2.05, 4.69) is 5.32 Å². The summed E-state index contributed by atoms with van der Waals surface area (Å²) in [6.07, 6.45) is -0.517. The van der Waals surface area contributed by atoms with Crippen LogP contribution in [0.1, 0.15) is 27.8 Å². The lowest BCUT2D eigenvalue weighted by atomic mass is 9.81. The lowest BCUT2D eigenvalue weighted by Gasteiger charge is -2.47. The number of carbonyl (C=O) groups excluding carboxylic acids is 1. The first-order chi connectivity index (χ1) is 16.4. The standard InChI is InChI=1S/C27H30N2O5/c1-20-13-24(28-26(30)32-15-22-9-5-3-6-10-22)14-21(2)25(20)27(31)17-29(18-27)19-34-33-16-23-11-7-4-8-12-23/h3-14,31H,15-19H2,1-2H3,(H,28,30). The van der Waals surface area contributed by atoms with Gasteiger partial charge in [-0.15, -0.1) is 0 Å². The van der Waals surface area contributed by atoms with Gasteiger partial charge in [0, 0.05) is 18.8 Å². The van der Waals surface area contributed by atoms with E-state index >= 15 is 0 Å². The fourth-order valence-electron chi connectivity index (χ4n) is 4.39. The lowest BCUT2D eigenvalue weighted by molar-refractivity contribution is -0.337. The van der Waals surface area contributed by atoms with E-state index in [0.717, 1.165) is 27.8 Å². The Morgan fingerprint density at radius 1 is 0.912 bits per heavy atom. The topological polar surface area (TPSA) is 80.3 Å². The number of likely N-dealkylation sites (tertiary alicyclic amines) is 1. The number of amides is 1. The molecule has 3 aromatic rings. The number of β-amino-alcohol motifs (C(OH)–C–C–N with tert-alkyl or cyclic N) is 1. The van der Waals surface area contributed by atoms with Gasteiger partial charge in [0.05, 0.1) is 0 Å². The van der Waals surface area contributed by atoms with Crippen molar-refractivity contribution in [3.63, 3.8) is 0 Å². The average Bonchev–Trinajstić information content (AvgIpc) is 2.80. The second-order valence-electron chi connectivity index (χ2n) is 8.69. The summed E-state index contributed by atoms with van der Waals surface area (Å²) in [5.41, 5.74) is 4.30. The van der Waals surface area contributed by atoms with Crippen LogP contribution in [0.5, 0.6) is 0 Å². The highest BCUT2D eigenvalue weighted by Crippen LogP contribution is 2.37. The van der Waals surface area contributed by atoms with Gasteiger partial charge in [-0.05, 0) is 53.8 Å². The predicted octanol–water partition coefficient (Wildman–Crippen LogP) is 4.66. The molecule has 1 heterocycles. The van der Waals surface area contributed by atoms with Crippen LogP contribution < -0.4 is 5.32 Å². The molecule has 2 N–H and O–H groups in total. The molecule has 0 saturated carbocycles. The highest BCUT2D eigenvalue weighted by molar-refractivity contribution is 5.85. The number of aliphatic hydroxyl groups is 1. The van der Waals surface area contributed by atoms with Gasteiger partial charge in [-0.2, -0.15) is 0 Å². The molecular weight excluding hydrogens is 432 g/mol. The van der Waals surface area contributed by atoms with Crippen LogP contribution in [0.25, 0.3) is 0 Å². The fraction of sp³-hybridized carbons (Fsp3) is 0.296. The maximum atomic E-state index is 12.2. The summed E-state index contributed by atoms with van der Waals surface area (Å²) in [5.74, 6) is 0. The summed E-state index contributed by atoms with van der Waals surface area (Å²) in [4.78, 5) is 24.7. The Morgan fingerprint density at radius 3 is 2.06 bits per heavy atom. The van der Waals surface area contributed by atoms with Crippen LogP contribution in [-0.4, -0.2) is 35.9 Å². The van der Waals surface area contributed by atoms with Gasteiger partial charge in [0.1, 0.15) is 25.5 Å². The molecule has 0 spiro atoms. The van der Waals surface area contributed by atoms with Gasteiger partial charge in [0.25, 0.3) is 0 Å². The first-order valence-electron chi connectivity index (χ1n) is 11.3. The highest BCUT2D eigenvalue weighted by Gasteiger charge is 2.44. The number of benzene rings is 3. The number of nitrogens with one attached hydrogen (secondary N) is 1. The molecule has 1 aliphatic rings. The summed E-state index contributed by atoms with van der Waals surface area (Å²) in [6, 6.07) is 23.0. The fourth-order valence-corrected chi connectivity index (χ4v) is 4.39. The maximum absolute atomic E-state index is 12.2. The monoisotopic (exact) mass is 462 g/mol. The lowest BCUT2D eigenvalue weighted by Crippen LogP contribution is -2.60. The molecule has 7 nitrogen and oxygen atoms in total. The van der Waals surface area contributed by atoms with Crippen LogP contribution in [0.2, 0.25) is 0 Å². The molecule has 0 bridgehead atoms. The van der Waals surface area contributed by atoms with E-state index < -0.39 is 11.7 Å². The van der Waals surface area contributed by atoms with Crippen molar-refractivity contribution in [2.75, 3.05) is 25.1 Å². The molecule has 0 aromatic heterocycles. The Morgan fingerprint density at radius 2 is 1.47 bits per heavy atom. The number of hydrogen-bond donors (Lipinski definition) is 2. The number of ether oxygens (including phenoxy) is 1. The molecule has 1 aliphatic heterocycles. The smallest absolute Gasteiger partial charge is 0.411 e. The largest absolute Gasteiger partial charge is 0.444 e. The third-order valence-electron chi connectivity index (χ3n) is 5.81. The quantitative estimate of drug-likeness (QED) is 0.274. The number of hydrogen-bond acceptors (Lipinski definition) is 6. The molecule has 7 heteroatoms. The Labute approximate surface area is 199 Å². The Kier molecular flexibility index (Phi) is 7.59.